The third-order valence-electron chi connectivity index (χ3n) is 3.78. The third-order valence-corrected chi connectivity index (χ3v) is 3.78. The fourth-order valence-corrected chi connectivity index (χ4v) is 2.55. The maximum Gasteiger partial charge on any atom is 0.289 e. The normalized spacial score (nSPS) is 11.2. The number of pyridine rings is 1. The zero-order valence-electron chi connectivity index (χ0n) is 14.8. The van der Waals surface area contributed by atoms with E-state index in [9.17, 15) is 4.79 Å². The molecule has 0 spiro atoms. The van der Waals surface area contributed by atoms with Crippen molar-refractivity contribution in [2.24, 2.45) is 11.0 Å². The highest BCUT2D eigenvalue weighted by Gasteiger charge is 2.10. The van der Waals surface area contributed by atoms with Gasteiger partial charge in [0.1, 0.15) is 5.69 Å². The Morgan fingerprint density at radius 3 is 2.77 bits per heavy atom. The molecule has 0 saturated heterocycles. The molecule has 6 heteroatoms. The molecular weight excluding hydrogens is 326 g/mol. The zero-order valence-corrected chi connectivity index (χ0v) is 14.8. The third kappa shape index (κ3) is 4.63. The van der Waals surface area contributed by atoms with Crippen molar-refractivity contribution in [3.05, 3.63) is 71.7 Å². The highest BCUT2D eigenvalue weighted by molar-refractivity contribution is 5.94. The fraction of sp³-hybridized carbons (Fsp3) is 0.200. The van der Waals surface area contributed by atoms with Gasteiger partial charge in [-0.2, -0.15) is 10.2 Å². The molecule has 2 heterocycles. The van der Waals surface area contributed by atoms with Crippen molar-refractivity contribution in [2.75, 3.05) is 0 Å². The number of rotatable bonds is 6. The Hall–Kier alpha value is -3.28. The summed E-state index contributed by atoms with van der Waals surface area (Å²) in [5.74, 6) is 0.272. The van der Waals surface area contributed by atoms with Gasteiger partial charge >= 0.3 is 0 Å². The number of hydrazone groups is 1. The minimum atomic E-state index is -0.347. The van der Waals surface area contributed by atoms with Crippen LogP contribution in [0.2, 0.25) is 0 Å². The minimum Gasteiger partial charge on any atom is -0.272 e. The number of nitrogens with one attached hydrogen (secondary N) is 2. The summed E-state index contributed by atoms with van der Waals surface area (Å²) in [7, 11) is 0. The second-order valence-electron chi connectivity index (χ2n) is 6.45. The van der Waals surface area contributed by atoms with Gasteiger partial charge in [-0.3, -0.25) is 14.9 Å². The summed E-state index contributed by atoms with van der Waals surface area (Å²) in [5, 5.41) is 10.9. The second-order valence-corrected chi connectivity index (χ2v) is 6.45. The molecule has 0 bridgehead atoms. The van der Waals surface area contributed by atoms with Crippen LogP contribution in [-0.2, 0) is 6.42 Å². The molecule has 3 rings (SSSR count). The smallest absolute Gasteiger partial charge is 0.272 e. The lowest BCUT2D eigenvalue weighted by molar-refractivity contribution is 0.0950. The van der Waals surface area contributed by atoms with Crippen LogP contribution >= 0.6 is 0 Å². The van der Waals surface area contributed by atoms with Gasteiger partial charge in [0.15, 0.2) is 0 Å². The Bertz CT molecular complexity index is 882. The second kappa shape index (κ2) is 8.20. The molecule has 2 N–H and O–H groups in total. The molecule has 0 fully saturated rings. The SMILES string of the molecule is CC(C)Cc1ccc(-c2cc(C(=O)N/N=C\c3cccnc3)[nH]n2)cc1. The quantitative estimate of drug-likeness (QED) is 0.529. The van der Waals surface area contributed by atoms with Gasteiger partial charge in [0.25, 0.3) is 5.91 Å². The van der Waals surface area contributed by atoms with Crippen molar-refractivity contribution in [1.82, 2.24) is 20.6 Å². The predicted molar refractivity (Wildman–Crippen MR) is 102 cm³/mol. The predicted octanol–water partition coefficient (Wildman–Crippen LogP) is 3.43. The van der Waals surface area contributed by atoms with Gasteiger partial charge in [0.2, 0.25) is 0 Å². The number of nitrogens with zero attached hydrogens (tertiary/aromatic N) is 3. The van der Waals surface area contributed by atoms with E-state index in [0.717, 1.165) is 23.2 Å². The van der Waals surface area contributed by atoms with Gasteiger partial charge in [-0.05, 0) is 30.0 Å². The van der Waals surface area contributed by atoms with Crippen molar-refractivity contribution in [3.63, 3.8) is 0 Å². The maximum absolute atomic E-state index is 12.1. The summed E-state index contributed by atoms with van der Waals surface area (Å²) < 4.78 is 0. The van der Waals surface area contributed by atoms with E-state index in [4.69, 9.17) is 0 Å². The Balaban J connectivity index is 1.63. The summed E-state index contributed by atoms with van der Waals surface area (Å²) in [4.78, 5) is 16.1. The Morgan fingerprint density at radius 1 is 1.27 bits per heavy atom. The molecular formula is C20H21N5O. The van der Waals surface area contributed by atoms with E-state index in [2.05, 4.69) is 51.7 Å². The van der Waals surface area contributed by atoms with Crippen molar-refractivity contribution < 1.29 is 4.79 Å². The Morgan fingerprint density at radius 2 is 2.08 bits per heavy atom. The van der Waals surface area contributed by atoms with Crippen molar-refractivity contribution in [2.45, 2.75) is 20.3 Å². The molecule has 0 unspecified atom stereocenters. The van der Waals surface area contributed by atoms with Crippen LogP contribution < -0.4 is 5.43 Å². The number of hydrogen-bond donors (Lipinski definition) is 2. The highest BCUT2D eigenvalue weighted by Crippen LogP contribution is 2.19. The van der Waals surface area contributed by atoms with E-state index < -0.39 is 0 Å². The molecule has 1 amide bonds. The van der Waals surface area contributed by atoms with Crippen LogP contribution in [0.15, 0.2) is 60.0 Å². The fourth-order valence-electron chi connectivity index (χ4n) is 2.55. The number of benzene rings is 1. The topological polar surface area (TPSA) is 83.0 Å². The first-order valence-corrected chi connectivity index (χ1v) is 8.50. The van der Waals surface area contributed by atoms with Gasteiger partial charge in [0, 0.05) is 23.5 Å². The molecule has 0 aliphatic rings. The maximum atomic E-state index is 12.1. The molecule has 26 heavy (non-hydrogen) atoms. The molecule has 0 atom stereocenters. The molecule has 6 nitrogen and oxygen atoms in total. The summed E-state index contributed by atoms with van der Waals surface area (Å²) in [6.45, 7) is 4.40. The Kier molecular flexibility index (Phi) is 5.53. The van der Waals surface area contributed by atoms with E-state index in [1.54, 1.807) is 24.5 Å². The first-order chi connectivity index (χ1) is 12.6. The average molecular weight is 347 g/mol. The van der Waals surface area contributed by atoms with Crippen LogP contribution in [0.1, 0.15) is 35.5 Å². The van der Waals surface area contributed by atoms with E-state index >= 15 is 0 Å². The standard InChI is InChI=1S/C20H21N5O/c1-14(2)10-15-5-7-17(8-6-15)18-11-19(24-23-18)20(26)25-22-13-16-4-3-9-21-12-16/h3-9,11-14H,10H2,1-2H3,(H,23,24)(H,25,26)/b22-13-. The monoisotopic (exact) mass is 347 g/mol. The van der Waals surface area contributed by atoms with Gasteiger partial charge in [-0.25, -0.2) is 5.43 Å². The number of aromatic amines is 1. The summed E-state index contributed by atoms with van der Waals surface area (Å²) >= 11 is 0. The summed E-state index contributed by atoms with van der Waals surface area (Å²) in [5.41, 5.74) is 6.62. The van der Waals surface area contributed by atoms with Crippen molar-refractivity contribution in [3.8, 4) is 11.3 Å². The zero-order chi connectivity index (χ0) is 18.4. The first kappa shape index (κ1) is 17.5. The van der Waals surface area contributed by atoms with Gasteiger partial charge in [-0.15, -0.1) is 0 Å². The number of hydrogen-bond acceptors (Lipinski definition) is 4. The summed E-state index contributed by atoms with van der Waals surface area (Å²) in [6.07, 6.45) is 5.92. The highest BCUT2D eigenvalue weighted by atomic mass is 16.2. The van der Waals surface area contributed by atoms with E-state index in [1.807, 2.05) is 18.2 Å². The molecule has 0 radical (unpaired) electrons. The van der Waals surface area contributed by atoms with Crippen molar-refractivity contribution in [1.29, 1.82) is 0 Å². The van der Waals surface area contributed by atoms with Gasteiger partial charge in [0.05, 0.1) is 11.9 Å². The van der Waals surface area contributed by atoms with Crippen LogP contribution in [-0.4, -0.2) is 27.3 Å². The molecule has 2 aromatic heterocycles. The van der Waals surface area contributed by atoms with Crippen molar-refractivity contribution >= 4 is 12.1 Å². The van der Waals surface area contributed by atoms with Gasteiger partial charge < -0.3 is 0 Å². The van der Waals surface area contributed by atoms with E-state index in [1.165, 1.54) is 11.8 Å². The molecule has 3 aromatic rings. The van der Waals surface area contributed by atoms with Crippen LogP contribution in [0.25, 0.3) is 11.3 Å². The first-order valence-electron chi connectivity index (χ1n) is 8.50. The minimum absolute atomic E-state index is 0.347. The lowest BCUT2D eigenvalue weighted by Crippen LogP contribution is -2.18. The summed E-state index contributed by atoms with van der Waals surface area (Å²) in [6, 6.07) is 13.6. The van der Waals surface area contributed by atoms with Crippen LogP contribution in [0, 0.1) is 5.92 Å². The van der Waals surface area contributed by atoms with Crippen LogP contribution in [0.3, 0.4) is 0 Å². The number of H-pyrrole nitrogens is 1. The van der Waals surface area contributed by atoms with Crippen LogP contribution in [0.4, 0.5) is 0 Å². The Labute approximate surface area is 152 Å². The van der Waals surface area contributed by atoms with Crippen LogP contribution in [0.5, 0.6) is 0 Å². The largest absolute Gasteiger partial charge is 0.289 e. The average Bonchev–Trinajstić information content (AvgIpc) is 3.13. The van der Waals surface area contributed by atoms with Gasteiger partial charge in [-0.1, -0.05) is 44.2 Å². The number of amides is 1. The number of carbonyl (C=O) groups is 1. The number of aromatic nitrogens is 3. The van der Waals surface area contributed by atoms with E-state index in [0.29, 0.717) is 11.6 Å². The lowest BCUT2D eigenvalue weighted by atomic mass is 10.0. The molecule has 0 aliphatic heterocycles. The number of carbonyl (C=O) groups excluding carboxylic acids is 1. The van der Waals surface area contributed by atoms with E-state index in [-0.39, 0.29) is 5.91 Å². The molecule has 0 aliphatic carbocycles. The lowest BCUT2D eigenvalue weighted by Gasteiger charge is -2.05. The molecule has 0 saturated carbocycles. The molecule has 1 aromatic carbocycles. The molecule has 132 valence electrons.